The van der Waals surface area contributed by atoms with Crippen molar-refractivity contribution in [3.05, 3.63) is 24.2 Å². The van der Waals surface area contributed by atoms with Gasteiger partial charge in [-0.25, -0.2) is 4.79 Å². The van der Waals surface area contributed by atoms with E-state index in [1.54, 1.807) is 0 Å². The molecule has 0 radical (unpaired) electrons. The highest BCUT2D eigenvalue weighted by molar-refractivity contribution is 7.21. The lowest BCUT2D eigenvalue weighted by Crippen LogP contribution is -1.95. The molecule has 0 saturated carbocycles. The van der Waals surface area contributed by atoms with Gasteiger partial charge >= 0.3 is 11.9 Å². The van der Waals surface area contributed by atoms with E-state index < -0.39 is 11.9 Å². The average Bonchev–Trinajstić information content (AvgIpc) is 2.91. The largest absolute Gasteiger partial charge is 0.474 e. The predicted octanol–water partition coefficient (Wildman–Crippen LogP) is 1.98. The lowest BCUT2D eigenvalue weighted by molar-refractivity contribution is 0.0643. The molecule has 0 saturated heterocycles. The molecule has 0 aliphatic carbocycles. The number of hydrogen-bond acceptors (Lipinski definition) is 5. The number of carboxylic acid groups (broad SMARTS) is 1. The molecular formula is C9H5N3O3S. The van der Waals surface area contributed by atoms with E-state index in [1.165, 1.54) is 11.3 Å². The van der Waals surface area contributed by atoms with Crippen LogP contribution >= 0.6 is 11.3 Å². The van der Waals surface area contributed by atoms with Gasteiger partial charge in [0.1, 0.15) is 4.83 Å². The van der Waals surface area contributed by atoms with Crippen LogP contribution in [0.15, 0.2) is 22.9 Å². The number of nitrogens with one attached hydrogen (secondary N) is 1. The summed E-state index contributed by atoms with van der Waals surface area (Å²) in [6.07, 6.45) is 1.84. The fourth-order valence-electron chi connectivity index (χ4n) is 1.37. The maximum absolute atomic E-state index is 10.6. The van der Waals surface area contributed by atoms with Crippen molar-refractivity contribution in [2.45, 2.75) is 0 Å². The van der Waals surface area contributed by atoms with Crippen molar-refractivity contribution < 1.29 is 14.4 Å². The normalized spacial score (nSPS) is 11.0. The van der Waals surface area contributed by atoms with E-state index in [0.29, 0.717) is 5.82 Å². The van der Waals surface area contributed by atoms with Crippen LogP contribution in [0.25, 0.3) is 20.9 Å². The number of thiophene rings is 1. The first-order valence-corrected chi connectivity index (χ1v) is 5.20. The summed E-state index contributed by atoms with van der Waals surface area (Å²) < 4.78 is 4.59. The summed E-state index contributed by atoms with van der Waals surface area (Å²) >= 11 is 1.45. The molecule has 3 heterocycles. The quantitative estimate of drug-likeness (QED) is 0.708. The zero-order valence-corrected chi connectivity index (χ0v) is 8.61. The predicted molar refractivity (Wildman–Crippen MR) is 56.4 cm³/mol. The van der Waals surface area contributed by atoms with Crippen LogP contribution in [-0.2, 0) is 0 Å². The third-order valence-corrected chi connectivity index (χ3v) is 3.15. The Morgan fingerprint density at radius 1 is 1.56 bits per heavy atom. The highest BCUT2D eigenvalue weighted by Crippen LogP contribution is 2.30. The fourth-order valence-corrected chi connectivity index (χ4v) is 2.32. The Balaban J connectivity index is 2.08. The second-order valence-corrected chi connectivity index (χ2v) is 4.15. The van der Waals surface area contributed by atoms with Gasteiger partial charge in [0.2, 0.25) is 5.82 Å². The maximum Gasteiger partial charge on any atom is 0.394 e. The van der Waals surface area contributed by atoms with Gasteiger partial charge < -0.3 is 14.6 Å². The van der Waals surface area contributed by atoms with Crippen LogP contribution in [0.2, 0.25) is 0 Å². The molecule has 0 bridgehead atoms. The molecule has 0 aliphatic heterocycles. The van der Waals surface area contributed by atoms with Crippen LogP contribution in [0.3, 0.4) is 0 Å². The summed E-state index contributed by atoms with van der Waals surface area (Å²) in [5.74, 6) is -1.32. The number of carboxylic acids is 1. The van der Waals surface area contributed by atoms with Crippen LogP contribution in [0.4, 0.5) is 0 Å². The van der Waals surface area contributed by atoms with Gasteiger partial charge in [-0.15, -0.1) is 11.3 Å². The molecule has 3 aromatic rings. The van der Waals surface area contributed by atoms with E-state index >= 15 is 0 Å². The smallest absolute Gasteiger partial charge is 0.394 e. The summed E-state index contributed by atoms with van der Waals surface area (Å²) in [6, 6.07) is 3.81. The first kappa shape index (κ1) is 9.10. The summed E-state index contributed by atoms with van der Waals surface area (Å²) in [5, 5.41) is 13.3. The zero-order chi connectivity index (χ0) is 11.1. The first-order chi connectivity index (χ1) is 7.74. The van der Waals surface area contributed by atoms with Gasteiger partial charge in [-0.2, -0.15) is 4.98 Å². The van der Waals surface area contributed by atoms with Gasteiger partial charge in [-0.3, -0.25) is 0 Å². The molecule has 0 spiro atoms. The Bertz CT molecular complexity index is 638. The van der Waals surface area contributed by atoms with Crippen molar-refractivity contribution in [2.24, 2.45) is 0 Å². The highest BCUT2D eigenvalue weighted by atomic mass is 32.1. The zero-order valence-electron chi connectivity index (χ0n) is 7.80. The van der Waals surface area contributed by atoms with E-state index in [2.05, 4.69) is 19.6 Å². The van der Waals surface area contributed by atoms with E-state index in [0.717, 1.165) is 15.1 Å². The van der Waals surface area contributed by atoms with Gasteiger partial charge in [-0.05, 0) is 12.1 Å². The van der Waals surface area contributed by atoms with Crippen molar-refractivity contribution in [3.8, 4) is 10.7 Å². The van der Waals surface area contributed by atoms with Crippen molar-refractivity contribution in [3.63, 3.8) is 0 Å². The minimum atomic E-state index is -1.22. The van der Waals surface area contributed by atoms with E-state index in [1.807, 2.05) is 18.3 Å². The molecule has 0 aliphatic rings. The Morgan fingerprint density at radius 2 is 2.44 bits per heavy atom. The second kappa shape index (κ2) is 3.17. The first-order valence-electron chi connectivity index (χ1n) is 4.38. The molecule has 0 aromatic carbocycles. The monoisotopic (exact) mass is 235 g/mol. The summed E-state index contributed by atoms with van der Waals surface area (Å²) in [7, 11) is 0. The van der Waals surface area contributed by atoms with Gasteiger partial charge in [-0.1, -0.05) is 5.16 Å². The van der Waals surface area contributed by atoms with Crippen LogP contribution in [0.5, 0.6) is 0 Å². The summed E-state index contributed by atoms with van der Waals surface area (Å²) in [4.78, 5) is 19.2. The van der Waals surface area contributed by atoms with Crippen LogP contribution in [-0.4, -0.2) is 26.2 Å². The topological polar surface area (TPSA) is 92.0 Å². The number of aromatic carboxylic acids is 1. The van der Waals surface area contributed by atoms with Crippen molar-refractivity contribution in [1.29, 1.82) is 0 Å². The Hall–Kier alpha value is -2.15. The number of hydrogen-bond donors (Lipinski definition) is 2. The molecule has 6 nitrogen and oxygen atoms in total. The third kappa shape index (κ3) is 1.29. The Morgan fingerprint density at radius 3 is 3.12 bits per heavy atom. The Kier molecular flexibility index (Phi) is 1.80. The number of aromatic amines is 1. The average molecular weight is 235 g/mol. The maximum atomic E-state index is 10.6. The lowest BCUT2D eigenvalue weighted by atomic mass is 10.3. The van der Waals surface area contributed by atoms with Gasteiger partial charge in [0, 0.05) is 11.6 Å². The van der Waals surface area contributed by atoms with Crippen LogP contribution < -0.4 is 0 Å². The number of carbonyl (C=O) groups is 1. The SMILES string of the molecule is O=C(O)c1nc(-c2cc3cc[nH]c3s2)no1. The molecule has 0 unspecified atom stereocenters. The van der Waals surface area contributed by atoms with Crippen LogP contribution in [0, 0.1) is 0 Å². The van der Waals surface area contributed by atoms with Crippen molar-refractivity contribution in [2.75, 3.05) is 0 Å². The molecular weight excluding hydrogens is 230 g/mol. The van der Waals surface area contributed by atoms with Gasteiger partial charge in [0.05, 0.1) is 4.88 Å². The molecule has 0 amide bonds. The molecule has 0 atom stereocenters. The highest BCUT2D eigenvalue weighted by Gasteiger charge is 2.16. The van der Waals surface area contributed by atoms with E-state index in [-0.39, 0.29) is 0 Å². The number of rotatable bonds is 2. The summed E-state index contributed by atoms with van der Waals surface area (Å²) in [5.41, 5.74) is 0. The minimum Gasteiger partial charge on any atom is -0.474 e. The van der Waals surface area contributed by atoms with Crippen molar-refractivity contribution >= 4 is 27.5 Å². The standard InChI is InChI=1S/C9H5N3O3S/c13-9(14)7-11-6(12-15-7)5-3-4-1-2-10-8(4)16-5/h1-3,10H,(H,13,14). The number of fused-ring (bicyclic) bond motifs is 1. The van der Waals surface area contributed by atoms with E-state index in [4.69, 9.17) is 5.11 Å². The molecule has 3 aromatic heterocycles. The minimum absolute atomic E-state index is 0.298. The summed E-state index contributed by atoms with van der Waals surface area (Å²) in [6.45, 7) is 0. The molecule has 16 heavy (non-hydrogen) atoms. The third-order valence-electron chi connectivity index (χ3n) is 2.07. The molecule has 80 valence electrons. The molecule has 3 rings (SSSR count). The van der Waals surface area contributed by atoms with Crippen LogP contribution in [0.1, 0.15) is 10.7 Å². The second-order valence-electron chi connectivity index (χ2n) is 3.10. The lowest BCUT2D eigenvalue weighted by Gasteiger charge is -1.82. The molecule has 2 N–H and O–H groups in total. The van der Waals surface area contributed by atoms with Gasteiger partial charge in [0.15, 0.2) is 0 Å². The molecule has 7 heteroatoms. The Labute approximate surface area is 92.5 Å². The number of aromatic nitrogens is 3. The van der Waals surface area contributed by atoms with Gasteiger partial charge in [0.25, 0.3) is 0 Å². The molecule has 0 fully saturated rings. The number of nitrogens with zero attached hydrogens (tertiary/aromatic N) is 2. The van der Waals surface area contributed by atoms with Crippen molar-refractivity contribution in [1.82, 2.24) is 15.1 Å². The number of H-pyrrole nitrogens is 1. The van der Waals surface area contributed by atoms with E-state index in [9.17, 15) is 4.79 Å². The fraction of sp³-hybridized carbons (Fsp3) is 0.